The lowest BCUT2D eigenvalue weighted by Gasteiger charge is -2.00. The average molecular weight is 252 g/mol. The van der Waals surface area contributed by atoms with Gasteiger partial charge in [0, 0.05) is 43.5 Å². The lowest BCUT2D eigenvalue weighted by Crippen LogP contribution is -2.18. The van der Waals surface area contributed by atoms with Crippen molar-refractivity contribution in [3.05, 3.63) is 34.5 Å². The molecule has 0 bridgehead atoms. The Morgan fingerprint density at radius 1 is 1.53 bits per heavy atom. The first kappa shape index (κ1) is 12.2. The maximum Gasteiger partial charge on any atom is 0.114 e. The highest BCUT2D eigenvalue weighted by molar-refractivity contribution is 7.09. The second kappa shape index (κ2) is 6.48. The van der Waals surface area contributed by atoms with E-state index in [1.165, 1.54) is 5.56 Å². The predicted molar refractivity (Wildman–Crippen MR) is 67.0 cm³/mol. The first-order valence-corrected chi connectivity index (χ1v) is 6.36. The van der Waals surface area contributed by atoms with Gasteiger partial charge in [0.15, 0.2) is 0 Å². The van der Waals surface area contributed by atoms with E-state index in [9.17, 15) is 0 Å². The van der Waals surface area contributed by atoms with Gasteiger partial charge < -0.3 is 10.1 Å². The molecule has 5 nitrogen and oxygen atoms in total. The average Bonchev–Trinajstić information content (AvgIpc) is 2.97. The topological polar surface area (TPSA) is 52.0 Å². The quantitative estimate of drug-likeness (QED) is 0.750. The third kappa shape index (κ3) is 3.92. The van der Waals surface area contributed by atoms with Gasteiger partial charge >= 0.3 is 0 Å². The van der Waals surface area contributed by atoms with E-state index in [2.05, 4.69) is 15.4 Å². The highest BCUT2D eigenvalue weighted by Gasteiger charge is 2.01. The summed E-state index contributed by atoms with van der Waals surface area (Å²) in [6, 6.07) is 0. The molecule has 2 heterocycles. The predicted octanol–water partition coefficient (Wildman–Crippen LogP) is 1.12. The number of ether oxygens (including phenoxy) is 1. The normalized spacial score (nSPS) is 10.9. The molecule has 0 aliphatic carbocycles. The standard InChI is InChI=1S/C11H16N4OS/c1-16-4-2-12-6-10-7-14-15(8-10)9-11-13-3-5-17-11/h3,5,7-8,12H,2,4,6,9H2,1H3. The molecule has 0 saturated heterocycles. The van der Waals surface area contributed by atoms with Crippen LogP contribution < -0.4 is 5.32 Å². The van der Waals surface area contributed by atoms with Crippen molar-refractivity contribution in [3.63, 3.8) is 0 Å². The van der Waals surface area contributed by atoms with Gasteiger partial charge in [0.05, 0.1) is 19.3 Å². The van der Waals surface area contributed by atoms with Gasteiger partial charge in [-0.2, -0.15) is 5.10 Å². The Hall–Kier alpha value is -1.24. The molecular formula is C11H16N4OS. The Bertz CT molecular complexity index is 426. The molecule has 0 saturated carbocycles. The van der Waals surface area contributed by atoms with Gasteiger partial charge in [-0.1, -0.05) is 0 Å². The van der Waals surface area contributed by atoms with Crippen molar-refractivity contribution in [1.29, 1.82) is 0 Å². The van der Waals surface area contributed by atoms with Gasteiger partial charge in [0.2, 0.25) is 0 Å². The first-order valence-electron chi connectivity index (χ1n) is 5.48. The van der Waals surface area contributed by atoms with E-state index >= 15 is 0 Å². The minimum Gasteiger partial charge on any atom is -0.383 e. The Labute approximate surface area is 104 Å². The fourth-order valence-corrected chi connectivity index (χ4v) is 2.07. The number of hydrogen-bond donors (Lipinski definition) is 1. The molecule has 92 valence electrons. The van der Waals surface area contributed by atoms with Crippen LogP contribution in [0, 0.1) is 0 Å². The largest absolute Gasteiger partial charge is 0.383 e. The Kier molecular flexibility index (Phi) is 4.66. The summed E-state index contributed by atoms with van der Waals surface area (Å²) in [5, 5.41) is 10.6. The van der Waals surface area contributed by atoms with Gasteiger partial charge in [-0.3, -0.25) is 4.68 Å². The van der Waals surface area contributed by atoms with Crippen LogP contribution in [-0.2, 0) is 17.8 Å². The zero-order valence-electron chi connectivity index (χ0n) is 9.80. The highest BCUT2D eigenvalue weighted by atomic mass is 32.1. The lowest BCUT2D eigenvalue weighted by atomic mass is 10.3. The molecule has 0 unspecified atom stereocenters. The van der Waals surface area contributed by atoms with Gasteiger partial charge in [-0.25, -0.2) is 4.98 Å². The summed E-state index contributed by atoms with van der Waals surface area (Å²) >= 11 is 1.65. The zero-order chi connectivity index (χ0) is 11.9. The van der Waals surface area contributed by atoms with Crippen LogP contribution >= 0.6 is 11.3 Å². The Morgan fingerprint density at radius 3 is 3.24 bits per heavy atom. The number of nitrogens with one attached hydrogen (secondary N) is 1. The minimum absolute atomic E-state index is 0.729. The summed E-state index contributed by atoms with van der Waals surface area (Å²) in [5.74, 6) is 0. The highest BCUT2D eigenvalue weighted by Crippen LogP contribution is 2.06. The molecule has 2 aromatic rings. The van der Waals surface area contributed by atoms with E-state index in [1.807, 2.05) is 28.7 Å². The van der Waals surface area contributed by atoms with Crippen molar-refractivity contribution in [3.8, 4) is 0 Å². The summed E-state index contributed by atoms with van der Waals surface area (Å²) in [6.07, 6.45) is 5.74. The molecule has 0 radical (unpaired) electrons. The molecule has 0 amide bonds. The number of methoxy groups -OCH3 is 1. The molecule has 17 heavy (non-hydrogen) atoms. The van der Waals surface area contributed by atoms with Crippen molar-refractivity contribution >= 4 is 11.3 Å². The SMILES string of the molecule is COCCNCc1cnn(Cc2nccs2)c1. The maximum absolute atomic E-state index is 4.96. The van der Waals surface area contributed by atoms with Gasteiger partial charge in [0.25, 0.3) is 0 Å². The van der Waals surface area contributed by atoms with Crippen LogP contribution in [0.2, 0.25) is 0 Å². The van der Waals surface area contributed by atoms with Crippen LogP contribution in [0.15, 0.2) is 24.0 Å². The molecular weight excluding hydrogens is 236 g/mol. The maximum atomic E-state index is 4.96. The molecule has 0 atom stereocenters. The third-order valence-electron chi connectivity index (χ3n) is 2.28. The summed E-state index contributed by atoms with van der Waals surface area (Å²) in [5.41, 5.74) is 1.18. The van der Waals surface area contributed by atoms with Crippen molar-refractivity contribution in [1.82, 2.24) is 20.1 Å². The number of hydrogen-bond acceptors (Lipinski definition) is 5. The summed E-state index contributed by atoms with van der Waals surface area (Å²) < 4.78 is 6.87. The molecule has 0 aliphatic rings. The Morgan fingerprint density at radius 2 is 2.47 bits per heavy atom. The van der Waals surface area contributed by atoms with Crippen molar-refractivity contribution in [2.75, 3.05) is 20.3 Å². The van der Waals surface area contributed by atoms with E-state index in [-0.39, 0.29) is 0 Å². The number of nitrogens with zero attached hydrogens (tertiary/aromatic N) is 3. The van der Waals surface area contributed by atoms with E-state index in [0.29, 0.717) is 0 Å². The molecule has 0 spiro atoms. The van der Waals surface area contributed by atoms with Crippen LogP contribution in [0.3, 0.4) is 0 Å². The molecule has 6 heteroatoms. The number of thiazole rings is 1. The van der Waals surface area contributed by atoms with Crippen LogP contribution in [0.4, 0.5) is 0 Å². The minimum atomic E-state index is 0.729. The van der Waals surface area contributed by atoms with Gasteiger partial charge in [0.1, 0.15) is 5.01 Å². The monoisotopic (exact) mass is 252 g/mol. The number of aromatic nitrogens is 3. The first-order chi connectivity index (χ1) is 8.38. The zero-order valence-corrected chi connectivity index (χ0v) is 10.6. The van der Waals surface area contributed by atoms with Crippen molar-refractivity contribution in [2.24, 2.45) is 0 Å². The Balaban J connectivity index is 1.79. The van der Waals surface area contributed by atoms with Crippen LogP contribution in [0.25, 0.3) is 0 Å². The van der Waals surface area contributed by atoms with Crippen molar-refractivity contribution < 1.29 is 4.74 Å². The van der Waals surface area contributed by atoms with Crippen LogP contribution in [0.5, 0.6) is 0 Å². The summed E-state index contributed by atoms with van der Waals surface area (Å²) in [7, 11) is 1.70. The van der Waals surface area contributed by atoms with Crippen LogP contribution in [0.1, 0.15) is 10.6 Å². The molecule has 2 aromatic heterocycles. The third-order valence-corrected chi connectivity index (χ3v) is 3.04. The van der Waals surface area contributed by atoms with E-state index in [1.54, 1.807) is 18.4 Å². The second-order valence-corrected chi connectivity index (χ2v) is 4.62. The van der Waals surface area contributed by atoms with E-state index < -0.39 is 0 Å². The number of rotatable bonds is 7. The van der Waals surface area contributed by atoms with E-state index in [4.69, 9.17) is 4.74 Å². The second-order valence-electron chi connectivity index (χ2n) is 3.64. The fourth-order valence-electron chi connectivity index (χ4n) is 1.46. The summed E-state index contributed by atoms with van der Waals surface area (Å²) in [6.45, 7) is 3.15. The van der Waals surface area contributed by atoms with Crippen molar-refractivity contribution in [2.45, 2.75) is 13.1 Å². The van der Waals surface area contributed by atoms with Gasteiger partial charge in [-0.05, 0) is 0 Å². The molecule has 2 rings (SSSR count). The summed E-state index contributed by atoms with van der Waals surface area (Å²) in [4.78, 5) is 4.23. The molecule has 0 aliphatic heterocycles. The molecule has 0 aromatic carbocycles. The smallest absolute Gasteiger partial charge is 0.114 e. The molecule has 0 fully saturated rings. The van der Waals surface area contributed by atoms with E-state index in [0.717, 1.165) is 31.2 Å². The van der Waals surface area contributed by atoms with Crippen LogP contribution in [-0.4, -0.2) is 35.0 Å². The molecule has 1 N–H and O–H groups in total. The fraction of sp³-hybridized carbons (Fsp3) is 0.455. The van der Waals surface area contributed by atoms with Gasteiger partial charge in [-0.15, -0.1) is 11.3 Å². The lowest BCUT2D eigenvalue weighted by molar-refractivity contribution is 0.199.